The minimum Gasteiger partial charge on any atom is -0.374 e. The molecule has 1 aromatic carbocycles. The zero-order valence-electron chi connectivity index (χ0n) is 12.1. The average Bonchev–Trinajstić information content (AvgIpc) is 2.39. The summed E-state index contributed by atoms with van der Waals surface area (Å²) in [6, 6.07) is 8.90. The number of nitrogens with one attached hydrogen (secondary N) is 1. The van der Waals surface area contributed by atoms with E-state index in [0.29, 0.717) is 5.92 Å². The van der Waals surface area contributed by atoms with Gasteiger partial charge in [-0.25, -0.2) is 0 Å². The Hall–Kier alpha value is -0.670. The van der Waals surface area contributed by atoms with E-state index < -0.39 is 0 Å². The van der Waals surface area contributed by atoms with Crippen LogP contribution in [0.15, 0.2) is 29.2 Å². The predicted molar refractivity (Wildman–Crippen MR) is 83.8 cm³/mol. The molecule has 0 amide bonds. The summed E-state index contributed by atoms with van der Waals surface area (Å²) in [6.45, 7) is 6.65. The molecule has 0 aliphatic carbocycles. The maximum absolute atomic E-state index is 3.27. The summed E-state index contributed by atoms with van der Waals surface area (Å²) in [5.74, 6) is 1.85. The van der Waals surface area contributed by atoms with E-state index in [4.69, 9.17) is 0 Å². The van der Waals surface area contributed by atoms with Gasteiger partial charge in [-0.3, -0.25) is 0 Å². The smallest absolute Gasteiger partial charge is 0.0364 e. The third-order valence-corrected chi connectivity index (χ3v) is 4.08. The maximum atomic E-state index is 3.27. The number of thioether (sulfide) groups is 1. The molecular weight excluding hydrogens is 240 g/mol. The van der Waals surface area contributed by atoms with E-state index in [1.54, 1.807) is 0 Å². The maximum Gasteiger partial charge on any atom is 0.0364 e. The van der Waals surface area contributed by atoms with Gasteiger partial charge >= 0.3 is 0 Å². The Morgan fingerprint density at radius 1 is 1.22 bits per heavy atom. The van der Waals surface area contributed by atoms with Gasteiger partial charge in [0.1, 0.15) is 0 Å². The molecule has 1 N–H and O–H groups in total. The first-order valence-corrected chi connectivity index (χ1v) is 7.78. The van der Waals surface area contributed by atoms with Gasteiger partial charge in [-0.2, -0.15) is 0 Å². The number of benzene rings is 1. The molecule has 0 saturated carbocycles. The lowest BCUT2D eigenvalue weighted by Crippen LogP contribution is -2.30. The molecule has 0 saturated heterocycles. The van der Waals surface area contributed by atoms with Crippen molar-refractivity contribution in [2.45, 2.75) is 25.2 Å². The van der Waals surface area contributed by atoms with Gasteiger partial charge in [0, 0.05) is 24.2 Å². The third-order valence-electron chi connectivity index (χ3n) is 3.19. The van der Waals surface area contributed by atoms with Gasteiger partial charge in [0.25, 0.3) is 0 Å². The number of rotatable bonds is 8. The quantitative estimate of drug-likeness (QED) is 0.725. The van der Waals surface area contributed by atoms with Crippen LogP contribution in [0.3, 0.4) is 0 Å². The Morgan fingerprint density at radius 2 is 1.89 bits per heavy atom. The second-order valence-corrected chi connectivity index (χ2v) is 5.98. The normalized spacial score (nSPS) is 12.4. The molecule has 102 valence electrons. The summed E-state index contributed by atoms with van der Waals surface area (Å²) >= 11 is 1.89. The number of nitrogens with zero attached hydrogens (tertiary/aromatic N) is 1. The lowest BCUT2D eigenvalue weighted by Gasteiger charge is -2.25. The lowest BCUT2D eigenvalue weighted by atomic mass is 10.1. The SMILES string of the molecule is CCSc1ccc(N(C)CC(CC)CNC)cc1. The van der Waals surface area contributed by atoms with Gasteiger partial charge in [0.15, 0.2) is 0 Å². The molecule has 0 fully saturated rings. The Bertz CT molecular complexity index is 324. The van der Waals surface area contributed by atoms with E-state index in [0.717, 1.165) is 18.8 Å². The van der Waals surface area contributed by atoms with Crippen LogP contribution >= 0.6 is 11.8 Å². The molecule has 0 aliphatic heterocycles. The summed E-state index contributed by atoms with van der Waals surface area (Å²) in [5.41, 5.74) is 1.31. The van der Waals surface area contributed by atoms with Gasteiger partial charge in [-0.15, -0.1) is 11.8 Å². The number of hydrogen-bond donors (Lipinski definition) is 1. The van der Waals surface area contributed by atoms with Gasteiger partial charge < -0.3 is 10.2 Å². The van der Waals surface area contributed by atoms with Crippen LogP contribution in [-0.2, 0) is 0 Å². The fourth-order valence-electron chi connectivity index (χ4n) is 2.08. The van der Waals surface area contributed by atoms with Crippen molar-refractivity contribution in [3.8, 4) is 0 Å². The summed E-state index contributed by atoms with van der Waals surface area (Å²) < 4.78 is 0. The molecule has 1 rings (SSSR count). The zero-order valence-corrected chi connectivity index (χ0v) is 12.9. The summed E-state index contributed by atoms with van der Waals surface area (Å²) in [6.07, 6.45) is 1.22. The van der Waals surface area contributed by atoms with Crippen molar-refractivity contribution in [3.63, 3.8) is 0 Å². The minimum absolute atomic E-state index is 0.713. The largest absolute Gasteiger partial charge is 0.374 e. The van der Waals surface area contributed by atoms with E-state index in [1.807, 2.05) is 18.8 Å². The molecule has 0 radical (unpaired) electrons. The third kappa shape index (κ3) is 4.91. The lowest BCUT2D eigenvalue weighted by molar-refractivity contribution is 0.485. The van der Waals surface area contributed by atoms with Gasteiger partial charge in [0.05, 0.1) is 0 Å². The van der Waals surface area contributed by atoms with Crippen LogP contribution < -0.4 is 10.2 Å². The number of anilines is 1. The fourth-order valence-corrected chi connectivity index (χ4v) is 2.74. The molecule has 0 heterocycles. The molecule has 0 spiro atoms. The molecule has 3 heteroatoms. The molecule has 18 heavy (non-hydrogen) atoms. The highest BCUT2D eigenvalue weighted by Gasteiger charge is 2.09. The second kappa shape index (κ2) is 8.44. The van der Waals surface area contributed by atoms with Crippen molar-refractivity contribution < 1.29 is 0 Å². The number of hydrogen-bond acceptors (Lipinski definition) is 3. The monoisotopic (exact) mass is 266 g/mol. The highest BCUT2D eigenvalue weighted by molar-refractivity contribution is 7.99. The van der Waals surface area contributed by atoms with E-state index in [-0.39, 0.29) is 0 Å². The summed E-state index contributed by atoms with van der Waals surface area (Å²) in [4.78, 5) is 3.71. The van der Waals surface area contributed by atoms with Crippen molar-refractivity contribution in [3.05, 3.63) is 24.3 Å². The van der Waals surface area contributed by atoms with Crippen LogP contribution in [0.4, 0.5) is 5.69 Å². The topological polar surface area (TPSA) is 15.3 Å². The van der Waals surface area contributed by atoms with E-state index in [1.165, 1.54) is 17.0 Å². The van der Waals surface area contributed by atoms with E-state index in [9.17, 15) is 0 Å². The first kappa shape index (κ1) is 15.4. The van der Waals surface area contributed by atoms with Crippen LogP contribution in [-0.4, -0.2) is 32.9 Å². The Morgan fingerprint density at radius 3 is 2.39 bits per heavy atom. The Kier molecular flexibility index (Phi) is 7.21. The highest BCUT2D eigenvalue weighted by atomic mass is 32.2. The first-order chi connectivity index (χ1) is 8.71. The summed E-state index contributed by atoms with van der Waals surface area (Å²) in [7, 11) is 4.21. The van der Waals surface area contributed by atoms with Gasteiger partial charge in [-0.05, 0) is 49.5 Å². The van der Waals surface area contributed by atoms with Crippen molar-refractivity contribution >= 4 is 17.4 Å². The van der Waals surface area contributed by atoms with Crippen molar-refractivity contribution in [1.29, 1.82) is 0 Å². The van der Waals surface area contributed by atoms with Crippen molar-refractivity contribution in [2.24, 2.45) is 5.92 Å². The Balaban J connectivity index is 2.57. The van der Waals surface area contributed by atoms with E-state index in [2.05, 4.69) is 55.4 Å². The average molecular weight is 266 g/mol. The standard InChI is InChI=1S/C15H26N2S/c1-5-13(11-16-3)12-17(4)14-7-9-15(10-8-14)18-6-2/h7-10,13,16H,5-6,11-12H2,1-4H3. The molecular formula is C15H26N2S. The molecule has 0 bridgehead atoms. The van der Waals surface area contributed by atoms with Crippen LogP contribution in [0.2, 0.25) is 0 Å². The van der Waals surface area contributed by atoms with Gasteiger partial charge in [0.2, 0.25) is 0 Å². The van der Waals surface area contributed by atoms with Crippen molar-refractivity contribution in [1.82, 2.24) is 5.32 Å². The first-order valence-electron chi connectivity index (χ1n) is 6.79. The van der Waals surface area contributed by atoms with Crippen LogP contribution in [0.5, 0.6) is 0 Å². The zero-order chi connectivity index (χ0) is 13.4. The predicted octanol–water partition coefficient (Wildman–Crippen LogP) is 3.48. The molecule has 1 unspecified atom stereocenters. The molecule has 1 atom stereocenters. The highest BCUT2D eigenvalue weighted by Crippen LogP contribution is 2.22. The molecule has 0 aromatic heterocycles. The fraction of sp³-hybridized carbons (Fsp3) is 0.600. The van der Waals surface area contributed by atoms with Gasteiger partial charge in [-0.1, -0.05) is 20.3 Å². The minimum atomic E-state index is 0.713. The molecule has 1 aromatic rings. The van der Waals surface area contributed by atoms with Crippen molar-refractivity contribution in [2.75, 3.05) is 37.8 Å². The molecule has 2 nitrogen and oxygen atoms in total. The second-order valence-electron chi connectivity index (χ2n) is 4.64. The van der Waals surface area contributed by atoms with Crippen LogP contribution in [0.25, 0.3) is 0 Å². The van der Waals surface area contributed by atoms with Crippen LogP contribution in [0, 0.1) is 5.92 Å². The summed E-state index contributed by atoms with van der Waals surface area (Å²) in [5, 5.41) is 3.27. The Labute approximate surface area is 116 Å². The van der Waals surface area contributed by atoms with E-state index >= 15 is 0 Å². The van der Waals surface area contributed by atoms with Crippen LogP contribution in [0.1, 0.15) is 20.3 Å². The molecule has 0 aliphatic rings.